The predicted molar refractivity (Wildman–Crippen MR) is 52.2 cm³/mol. The van der Waals surface area contributed by atoms with Gasteiger partial charge in [0.25, 0.3) is 0 Å². The van der Waals surface area contributed by atoms with Gasteiger partial charge in [-0.1, -0.05) is 12.7 Å². The van der Waals surface area contributed by atoms with E-state index in [1.54, 1.807) is 18.4 Å². The summed E-state index contributed by atoms with van der Waals surface area (Å²) in [4.78, 5) is 4.04. The van der Waals surface area contributed by atoms with Gasteiger partial charge in [0.15, 0.2) is 0 Å². The molecule has 0 N–H and O–H groups in total. The Morgan fingerprint density at radius 1 is 1.58 bits per heavy atom. The first-order valence-corrected chi connectivity index (χ1v) is 3.78. The third-order valence-electron chi connectivity index (χ3n) is 1.19. The highest BCUT2D eigenvalue weighted by atomic mass is 19.1. The van der Waals surface area contributed by atoms with E-state index in [2.05, 4.69) is 18.2 Å². The summed E-state index contributed by atoms with van der Waals surface area (Å²) in [5.74, 6) is 0. The van der Waals surface area contributed by atoms with E-state index in [9.17, 15) is 4.39 Å². The van der Waals surface area contributed by atoms with Crippen LogP contribution in [0, 0.1) is 0 Å². The molecule has 0 spiro atoms. The fraction of sp³-hybridized carbons (Fsp3) is 0.300. The summed E-state index contributed by atoms with van der Waals surface area (Å²) in [7, 11) is 0. The molecule has 0 aliphatic heterocycles. The Kier molecular flexibility index (Phi) is 5.88. The molecule has 0 aromatic rings. The maximum Gasteiger partial charge on any atom is 0.114 e. The van der Waals surface area contributed by atoms with Crippen LogP contribution >= 0.6 is 0 Å². The number of halogens is 1. The van der Waals surface area contributed by atoms with Gasteiger partial charge >= 0.3 is 0 Å². The van der Waals surface area contributed by atoms with E-state index in [-0.39, 0.29) is 0 Å². The average molecular weight is 167 g/mol. The molecule has 0 fully saturated rings. The number of hydrogen-bond acceptors (Lipinski definition) is 1. The Morgan fingerprint density at radius 3 is 2.67 bits per heavy atom. The molecule has 2 heteroatoms. The zero-order valence-corrected chi connectivity index (χ0v) is 7.39. The minimum Gasteiger partial charge on any atom is -0.266 e. The van der Waals surface area contributed by atoms with Crippen LogP contribution in [-0.4, -0.2) is 12.9 Å². The zero-order chi connectivity index (χ0) is 9.40. The van der Waals surface area contributed by atoms with E-state index in [1.165, 1.54) is 0 Å². The number of nitrogens with zero attached hydrogens (tertiary/aromatic N) is 1. The fourth-order valence-electron chi connectivity index (χ4n) is 0.737. The van der Waals surface area contributed by atoms with Crippen LogP contribution in [0.15, 0.2) is 41.6 Å². The second kappa shape index (κ2) is 6.53. The second-order valence-corrected chi connectivity index (χ2v) is 2.31. The first kappa shape index (κ1) is 10.8. The maximum absolute atomic E-state index is 12.0. The summed E-state index contributed by atoms with van der Waals surface area (Å²) in [6, 6.07) is 0. The van der Waals surface area contributed by atoms with E-state index in [0.717, 1.165) is 5.70 Å². The number of hydrogen-bond donors (Lipinski definition) is 0. The molecule has 0 atom stereocenters. The molecule has 0 aliphatic rings. The van der Waals surface area contributed by atoms with E-state index in [4.69, 9.17) is 0 Å². The highest BCUT2D eigenvalue weighted by Gasteiger charge is 1.92. The van der Waals surface area contributed by atoms with Gasteiger partial charge in [-0.25, -0.2) is 4.39 Å². The lowest BCUT2D eigenvalue weighted by Crippen LogP contribution is -1.82. The molecule has 0 aromatic heterocycles. The molecule has 66 valence electrons. The SMILES string of the molecule is C=CC/C(=C/C(=C)CF)N=CC. The highest BCUT2D eigenvalue weighted by molar-refractivity contribution is 5.55. The Bertz CT molecular complexity index is 214. The predicted octanol–water partition coefficient (Wildman–Crippen LogP) is 3.06. The summed E-state index contributed by atoms with van der Waals surface area (Å²) < 4.78 is 12.0. The van der Waals surface area contributed by atoms with Crippen molar-refractivity contribution in [3.8, 4) is 0 Å². The first-order chi connectivity index (χ1) is 5.74. The van der Waals surface area contributed by atoms with Crippen molar-refractivity contribution in [3.05, 3.63) is 36.6 Å². The van der Waals surface area contributed by atoms with E-state index < -0.39 is 6.67 Å². The third-order valence-corrected chi connectivity index (χ3v) is 1.19. The minimum absolute atomic E-state index is 0.442. The molecular formula is C10H14FN. The van der Waals surface area contributed by atoms with Gasteiger partial charge in [-0.3, -0.25) is 4.99 Å². The quantitative estimate of drug-likeness (QED) is 0.339. The molecular weight excluding hydrogens is 153 g/mol. The van der Waals surface area contributed by atoms with Crippen molar-refractivity contribution in [1.29, 1.82) is 0 Å². The van der Waals surface area contributed by atoms with Crippen molar-refractivity contribution in [3.63, 3.8) is 0 Å². The Hall–Kier alpha value is -1.18. The molecule has 0 aliphatic carbocycles. The number of alkyl halides is 1. The molecule has 0 rings (SSSR count). The van der Waals surface area contributed by atoms with Crippen LogP contribution in [0.5, 0.6) is 0 Å². The number of allylic oxidation sites excluding steroid dienone is 3. The highest BCUT2D eigenvalue weighted by Crippen LogP contribution is 2.07. The molecule has 0 radical (unpaired) electrons. The molecule has 0 unspecified atom stereocenters. The molecule has 0 saturated carbocycles. The Labute approximate surface area is 73.0 Å². The van der Waals surface area contributed by atoms with Crippen LogP contribution in [0.2, 0.25) is 0 Å². The van der Waals surface area contributed by atoms with Gasteiger partial charge in [-0.2, -0.15) is 0 Å². The van der Waals surface area contributed by atoms with Crippen LogP contribution < -0.4 is 0 Å². The van der Waals surface area contributed by atoms with Crippen molar-refractivity contribution in [2.24, 2.45) is 4.99 Å². The van der Waals surface area contributed by atoms with Crippen LogP contribution in [0.3, 0.4) is 0 Å². The normalized spacial score (nSPS) is 12.0. The average Bonchev–Trinajstić information content (AvgIpc) is 2.05. The van der Waals surface area contributed by atoms with Gasteiger partial charge in [-0.05, 0) is 18.6 Å². The van der Waals surface area contributed by atoms with Gasteiger partial charge in [0.05, 0.1) is 0 Å². The zero-order valence-electron chi connectivity index (χ0n) is 7.39. The maximum atomic E-state index is 12.0. The Morgan fingerprint density at radius 2 is 2.25 bits per heavy atom. The van der Waals surface area contributed by atoms with Gasteiger partial charge in [-0.15, -0.1) is 6.58 Å². The van der Waals surface area contributed by atoms with E-state index in [0.29, 0.717) is 12.0 Å². The van der Waals surface area contributed by atoms with Crippen LogP contribution in [0.1, 0.15) is 13.3 Å². The fourth-order valence-corrected chi connectivity index (χ4v) is 0.737. The topological polar surface area (TPSA) is 12.4 Å². The molecule has 0 saturated heterocycles. The van der Waals surface area contributed by atoms with Crippen molar-refractivity contribution < 1.29 is 4.39 Å². The second-order valence-electron chi connectivity index (χ2n) is 2.31. The minimum atomic E-state index is -0.528. The summed E-state index contributed by atoms with van der Waals surface area (Å²) in [5, 5.41) is 0. The standard InChI is InChI=1S/C10H14FN/c1-4-6-10(12-5-2)7-9(3)8-11/h4-5,7H,1,3,6,8H2,2H3/b10-7-,12-5?. The number of rotatable bonds is 5. The smallest absolute Gasteiger partial charge is 0.114 e. The van der Waals surface area contributed by atoms with Gasteiger partial charge in [0.2, 0.25) is 0 Å². The van der Waals surface area contributed by atoms with Gasteiger partial charge in [0, 0.05) is 18.3 Å². The van der Waals surface area contributed by atoms with Crippen molar-refractivity contribution >= 4 is 6.21 Å². The molecule has 0 heterocycles. The molecule has 0 amide bonds. The monoisotopic (exact) mass is 167 g/mol. The van der Waals surface area contributed by atoms with Crippen LogP contribution in [0.25, 0.3) is 0 Å². The van der Waals surface area contributed by atoms with Gasteiger partial charge < -0.3 is 0 Å². The van der Waals surface area contributed by atoms with E-state index >= 15 is 0 Å². The summed E-state index contributed by atoms with van der Waals surface area (Å²) in [6.07, 6.45) is 5.68. The third kappa shape index (κ3) is 4.61. The molecule has 0 bridgehead atoms. The van der Waals surface area contributed by atoms with E-state index in [1.807, 2.05) is 6.92 Å². The largest absolute Gasteiger partial charge is 0.266 e. The molecule has 1 nitrogen and oxygen atoms in total. The lowest BCUT2D eigenvalue weighted by Gasteiger charge is -1.96. The summed E-state index contributed by atoms with van der Waals surface area (Å²) in [5.41, 5.74) is 1.23. The molecule has 12 heavy (non-hydrogen) atoms. The summed E-state index contributed by atoms with van der Waals surface area (Å²) >= 11 is 0. The lowest BCUT2D eigenvalue weighted by atomic mass is 10.2. The van der Waals surface area contributed by atoms with Crippen molar-refractivity contribution in [2.75, 3.05) is 6.67 Å². The first-order valence-electron chi connectivity index (χ1n) is 3.78. The Balaban J connectivity index is 4.36. The molecule has 0 aromatic carbocycles. The number of aliphatic imine (C=N–C) groups is 1. The van der Waals surface area contributed by atoms with Crippen molar-refractivity contribution in [2.45, 2.75) is 13.3 Å². The summed E-state index contributed by atoms with van der Waals surface area (Å²) in [6.45, 7) is 8.38. The van der Waals surface area contributed by atoms with Crippen LogP contribution in [0.4, 0.5) is 4.39 Å². The lowest BCUT2D eigenvalue weighted by molar-refractivity contribution is 0.550. The van der Waals surface area contributed by atoms with Crippen LogP contribution in [-0.2, 0) is 0 Å². The van der Waals surface area contributed by atoms with Crippen molar-refractivity contribution in [1.82, 2.24) is 0 Å². The van der Waals surface area contributed by atoms with Gasteiger partial charge in [0.1, 0.15) is 6.67 Å².